The fourth-order valence-corrected chi connectivity index (χ4v) is 1.66. The van der Waals surface area contributed by atoms with Crippen LogP contribution in [0, 0.1) is 0 Å². The zero-order chi connectivity index (χ0) is 13.1. The van der Waals surface area contributed by atoms with Crippen LogP contribution in [0.3, 0.4) is 0 Å². The van der Waals surface area contributed by atoms with E-state index in [0.717, 1.165) is 0 Å². The Labute approximate surface area is 102 Å². The van der Waals surface area contributed by atoms with Gasteiger partial charge in [-0.15, -0.1) is 0 Å². The van der Waals surface area contributed by atoms with Crippen molar-refractivity contribution >= 4 is 17.8 Å². The summed E-state index contributed by atoms with van der Waals surface area (Å²) in [5, 5.41) is 8.74. The summed E-state index contributed by atoms with van der Waals surface area (Å²) in [4.78, 5) is 31.4. The third kappa shape index (κ3) is 2.38. The van der Waals surface area contributed by atoms with Gasteiger partial charge in [0.05, 0.1) is 18.8 Å². The highest BCUT2D eigenvalue weighted by atomic mass is 16.5. The molecule has 0 spiro atoms. The number of nitrogens with zero attached hydrogens (tertiary/aromatic N) is 3. The molecule has 96 valence electrons. The number of anilines is 1. The second-order valence-corrected chi connectivity index (χ2v) is 3.76. The Bertz CT molecular complexity index is 461. The summed E-state index contributed by atoms with van der Waals surface area (Å²) in [6.07, 6.45) is 2.39. The molecule has 0 bridgehead atoms. The van der Waals surface area contributed by atoms with E-state index in [9.17, 15) is 9.59 Å². The number of aromatic carboxylic acids is 1. The van der Waals surface area contributed by atoms with Gasteiger partial charge in [-0.05, 0) is 0 Å². The van der Waals surface area contributed by atoms with E-state index >= 15 is 0 Å². The molecule has 2 rings (SSSR count). The van der Waals surface area contributed by atoms with E-state index < -0.39 is 17.9 Å². The van der Waals surface area contributed by atoms with Crippen molar-refractivity contribution in [1.29, 1.82) is 0 Å². The van der Waals surface area contributed by atoms with Crippen LogP contribution >= 0.6 is 0 Å². The van der Waals surface area contributed by atoms with Crippen LogP contribution in [0.25, 0.3) is 0 Å². The van der Waals surface area contributed by atoms with Crippen molar-refractivity contribution in [3.05, 3.63) is 18.0 Å². The number of hydrogen-bond donors (Lipinski definition) is 2. The SMILES string of the molecule is NC(=O)C1COCCN1c1ncc(C(=O)O)cn1. The van der Waals surface area contributed by atoms with Crippen LogP contribution in [-0.2, 0) is 9.53 Å². The molecule has 1 aliphatic heterocycles. The molecule has 8 nitrogen and oxygen atoms in total. The van der Waals surface area contributed by atoms with Crippen LogP contribution in [0.1, 0.15) is 10.4 Å². The van der Waals surface area contributed by atoms with Gasteiger partial charge in [-0.25, -0.2) is 14.8 Å². The minimum absolute atomic E-state index is 0.0114. The van der Waals surface area contributed by atoms with Gasteiger partial charge in [-0.2, -0.15) is 0 Å². The zero-order valence-corrected chi connectivity index (χ0v) is 9.44. The normalized spacial score (nSPS) is 19.6. The summed E-state index contributed by atoms with van der Waals surface area (Å²) < 4.78 is 5.16. The Kier molecular flexibility index (Phi) is 3.38. The molecular weight excluding hydrogens is 240 g/mol. The number of nitrogens with two attached hydrogens (primary N) is 1. The largest absolute Gasteiger partial charge is 0.478 e. The number of morpholine rings is 1. The van der Waals surface area contributed by atoms with Crippen LogP contribution in [0.2, 0.25) is 0 Å². The summed E-state index contributed by atoms with van der Waals surface area (Å²) in [7, 11) is 0. The van der Waals surface area contributed by atoms with Crippen molar-refractivity contribution in [3.8, 4) is 0 Å². The Hall–Kier alpha value is -2.22. The standard InChI is InChI=1S/C10H12N4O4/c11-8(15)7-5-18-2-1-14(7)10-12-3-6(4-13-10)9(16)17/h3-4,7H,1-2,5H2,(H2,11,15)(H,16,17). The molecule has 0 aliphatic carbocycles. The molecule has 1 unspecified atom stereocenters. The van der Waals surface area contributed by atoms with Crippen LogP contribution in [-0.4, -0.2) is 52.8 Å². The third-order valence-electron chi connectivity index (χ3n) is 2.60. The quantitative estimate of drug-likeness (QED) is 0.698. The molecule has 0 aromatic carbocycles. The molecule has 1 amide bonds. The topological polar surface area (TPSA) is 119 Å². The van der Waals surface area contributed by atoms with E-state index in [0.29, 0.717) is 13.2 Å². The van der Waals surface area contributed by atoms with E-state index in [1.165, 1.54) is 12.4 Å². The molecule has 1 saturated heterocycles. The van der Waals surface area contributed by atoms with E-state index in [2.05, 4.69) is 9.97 Å². The minimum Gasteiger partial charge on any atom is -0.478 e. The Balaban J connectivity index is 2.23. The van der Waals surface area contributed by atoms with Gasteiger partial charge in [-0.1, -0.05) is 0 Å². The first-order valence-electron chi connectivity index (χ1n) is 5.28. The fourth-order valence-electron chi connectivity index (χ4n) is 1.66. The number of amides is 1. The van der Waals surface area contributed by atoms with Gasteiger partial charge in [0.15, 0.2) is 0 Å². The number of carbonyl (C=O) groups excluding carboxylic acids is 1. The van der Waals surface area contributed by atoms with Crippen LogP contribution < -0.4 is 10.6 Å². The summed E-state index contributed by atoms with van der Waals surface area (Å²) in [6.45, 7) is 1.05. The first kappa shape index (κ1) is 12.2. The van der Waals surface area contributed by atoms with Gasteiger partial charge in [-0.3, -0.25) is 4.79 Å². The Morgan fingerprint density at radius 1 is 1.44 bits per heavy atom. The van der Waals surface area contributed by atoms with E-state index in [1.54, 1.807) is 4.90 Å². The summed E-state index contributed by atoms with van der Waals surface area (Å²) >= 11 is 0. The number of primary amides is 1. The van der Waals surface area contributed by atoms with Crippen molar-refractivity contribution in [3.63, 3.8) is 0 Å². The third-order valence-corrected chi connectivity index (χ3v) is 2.60. The van der Waals surface area contributed by atoms with Crippen LogP contribution in [0.5, 0.6) is 0 Å². The van der Waals surface area contributed by atoms with Gasteiger partial charge in [0, 0.05) is 18.9 Å². The van der Waals surface area contributed by atoms with Crippen molar-refractivity contribution < 1.29 is 19.4 Å². The summed E-state index contributed by atoms with van der Waals surface area (Å²) in [5.41, 5.74) is 5.25. The number of carboxylic acids is 1. The van der Waals surface area contributed by atoms with Gasteiger partial charge < -0.3 is 20.5 Å². The molecule has 0 radical (unpaired) electrons. The van der Waals surface area contributed by atoms with E-state index in [4.69, 9.17) is 15.6 Å². The number of ether oxygens (including phenoxy) is 1. The van der Waals surface area contributed by atoms with Gasteiger partial charge >= 0.3 is 5.97 Å². The summed E-state index contributed by atoms with van der Waals surface area (Å²) in [6, 6.07) is -0.630. The monoisotopic (exact) mass is 252 g/mol. The average molecular weight is 252 g/mol. The molecule has 1 aliphatic rings. The lowest BCUT2D eigenvalue weighted by Gasteiger charge is -2.33. The highest BCUT2D eigenvalue weighted by Gasteiger charge is 2.29. The van der Waals surface area contributed by atoms with Crippen LogP contribution in [0.4, 0.5) is 5.95 Å². The van der Waals surface area contributed by atoms with E-state index in [1.807, 2.05) is 0 Å². The van der Waals surface area contributed by atoms with Gasteiger partial charge in [0.2, 0.25) is 11.9 Å². The summed E-state index contributed by atoms with van der Waals surface area (Å²) in [5.74, 6) is -1.36. The van der Waals surface area contributed by atoms with Gasteiger partial charge in [0.25, 0.3) is 0 Å². The number of rotatable bonds is 3. The Morgan fingerprint density at radius 2 is 2.11 bits per heavy atom. The maximum absolute atomic E-state index is 11.3. The predicted octanol–water partition coefficient (Wildman–Crippen LogP) is -1.13. The molecule has 8 heteroatoms. The molecule has 1 aromatic rings. The maximum atomic E-state index is 11.3. The lowest BCUT2D eigenvalue weighted by molar-refractivity contribution is -0.121. The lowest BCUT2D eigenvalue weighted by Crippen LogP contribution is -2.53. The number of carboxylic acid groups (broad SMARTS) is 1. The maximum Gasteiger partial charge on any atom is 0.338 e. The smallest absolute Gasteiger partial charge is 0.338 e. The molecule has 3 N–H and O–H groups in total. The Morgan fingerprint density at radius 3 is 2.67 bits per heavy atom. The molecule has 18 heavy (non-hydrogen) atoms. The highest BCUT2D eigenvalue weighted by Crippen LogP contribution is 2.14. The van der Waals surface area contributed by atoms with Crippen LogP contribution in [0.15, 0.2) is 12.4 Å². The number of carbonyl (C=O) groups is 2. The van der Waals surface area contributed by atoms with E-state index in [-0.39, 0.29) is 18.1 Å². The molecule has 1 atom stereocenters. The van der Waals surface area contributed by atoms with Crippen molar-refractivity contribution in [2.45, 2.75) is 6.04 Å². The molecule has 0 saturated carbocycles. The predicted molar refractivity (Wildman–Crippen MR) is 60.1 cm³/mol. The van der Waals surface area contributed by atoms with Gasteiger partial charge in [0.1, 0.15) is 6.04 Å². The first-order chi connectivity index (χ1) is 8.59. The lowest BCUT2D eigenvalue weighted by atomic mass is 10.2. The second-order valence-electron chi connectivity index (χ2n) is 3.76. The van der Waals surface area contributed by atoms with Crippen molar-refractivity contribution in [1.82, 2.24) is 9.97 Å². The number of aromatic nitrogens is 2. The fraction of sp³-hybridized carbons (Fsp3) is 0.400. The second kappa shape index (κ2) is 4.96. The van der Waals surface area contributed by atoms with Crippen molar-refractivity contribution in [2.24, 2.45) is 5.73 Å². The molecule has 1 aromatic heterocycles. The first-order valence-corrected chi connectivity index (χ1v) is 5.28. The van der Waals surface area contributed by atoms with Crippen molar-refractivity contribution in [2.75, 3.05) is 24.7 Å². The molecular formula is C10H12N4O4. The number of hydrogen-bond acceptors (Lipinski definition) is 6. The molecule has 2 heterocycles. The zero-order valence-electron chi connectivity index (χ0n) is 9.44. The minimum atomic E-state index is -1.10. The molecule has 1 fully saturated rings. The average Bonchev–Trinajstić information content (AvgIpc) is 2.39. The highest BCUT2D eigenvalue weighted by molar-refractivity contribution is 5.87.